The van der Waals surface area contributed by atoms with Crippen molar-refractivity contribution in [1.82, 2.24) is 0 Å². The van der Waals surface area contributed by atoms with Crippen molar-refractivity contribution >= 4 is 5.69 Å². The molecular weight excluding hydrogens is 208 g/mol. The Morgan fingerprint density at radius 3 is 2.76 bits per heavy atom. The minimum Gasteiger partial charge on any atom is -0.371 e. The lowest BCUT2D eigenvalue weighted by atomic mass is 10.0. The van der Waals surface area contributed by atoms with Crippen LogP contribution in [0.25, 0.3) is 0 Å². The third kappa shape index (κ3) is 3.01. The summed E-state index contributed by atoms with van der Waals surface area (Å²) in [5.74, 6) is 0.676. The lowest BCUT2D eigenvalue weighted by Crippen LogP contribution is -2.36. The van der Waals surface area contributed by atoms with Crippen LogP contribution in [0.3, 0.4) is 0 Å². The average Bonchev–Trinajstić information content (AvgIpc) is 2.71. The van der Waals surface area contributed by atoms with E-state index in [-0.39, 0.29) is 0 Å². The highest BCUT2D eigenvalue weighted by molar-refractivity contribution is 5.48. The molecule has 0 spiro atoms. The highest BCUT2D eigenvalue weighted by atomic mass is 15.1. The Labute approximate surface area is 105 Å². The lowest BCUT2D eigenvalue weighted by molar-refractivity contribution is 0.475. The summed E-state index contributed by atoms with van der Waals surface area (Å²) in [6.07, 6.45) is 3.80. The second-order valence-corrected chi connectivity index (χ2v) is 5.23. The van der Waals surface area contributed by atoms with E-state index in [9.17, 15) is 0 Å². The molecule has 1 saturated carbocycles. The van der Waals surface area contributed by atoms with Gasteiger partial charge in [-0.3, -0.25) is 0 Å². The van der Waals surface area contributed by atoms with Crippen molar-refractivity contribution in [3.05, 3.63) is 29.8 Å². The number of anilines is 1. The number of hydrogen-bond donors (Lipinski definition) is 1. The van der Waals surface area contributed by atoms with E-state index >= 15 is 0 Å². The Bertz CT molecular complexity index is 362. The van der Waals surface area contributed by atoms with Gasteiger partial charge >= 0.3 is 0 Å². The zero-order chi connectivity index (χ0) is 12.3. The van der Waals surface area contributed by atoms with E-state index in [4.69, 9.17) is 5.73 Å². The summed E-state index contributed by atoms with van der Waals surface area (Å²) in [6, 6.07) is 9.18. The first-order valence-electron chi connectivity index (χ1n) is 6.78. The molecule has 1 fully saturated rings. The largest absolute Gasteiger partial charge is 0.371 e. The van der Waals surface area contributed by atoms with Crippen molar-refractivity contribution in [2.45, 2.75) is 39.2 Å². The topological polar surface area (TPSA) is 29.3 Å². The monoisotopic (exact) mass is 232 g/mol. The maximum atomic E-state index is 6.16. The minimum absolute atomic E-state index is 0.411. The van der Waals surface area contributed by atoms with Gasteiger partial charge in [-0.15, -0.1) is 0 Å². The van der Waals surface area contributed by atoms with Gasteiger partial charge in [0.2, 0.25) is 0 Å². The summed E-state index contributed by atoms with van der Waals surface area (Å²) in [5, 5.41) is 0. The molecule has 0 amide bonds. The van der Waals surface area contributed by atoms with Crippen LogP contribution in [0.5, 0.6) is 0 Å². The third-order valence-corrected chi connectivity index (χ3v) is 3.92. The van der Waals surface area contributed by atoms with E-state index in [0.29, 0.717) is 12.0 Å². The van der Waals surface area contributed by atoms with Gasteiger partial charge in [-0.1, -0.05) is 18.6 Å². The molecule has 0 radical (unpaired) electrons. The molecular formula is C15H24N2. The fourth-order valence-electron chi connectivity index (χ4n) is 2.82. The van der Waals surface area contributed by atoms with Crippen LogP contribution < -0.4 is 10.6 Å². The van der Waals surface area contributed by atoms with Gasteiger partial charge in [-0.25, -0.2) is 0 Å². The van der Waals surface area contributed by atoms with Gasteiger partial charge in [-0.05, 0) is 50.3 Å². The van der Waals surface area contributed by atoms with Crippen LogP contribution in [0.15, 0.2) is 24.3 Å². The Kier molecular flexibility index (Phi) is 4.06. The van der Waals surface area contributed by atoms with Crippen LogP contribution in [0, 0.1) is 12.8 Å². The number of hydrogen-bond acceptors (Lipinski definition) is 2. The smallest absolute Gasteiger partial charge is 0.0368 e. The normalized spacial score (nSPS) is 23.9. The van der Waals surface area contributed by atoms with E-state index in [1.807, 2.05) is 0 Å². The van der Waals surface area contributed by atoms with Crippen molar-refractivity contribution in [3.63, 3.8) is 0 Å². The summed E-state index contributed by atoms with van der Waals surface area (Å²) < 4.78 is 0. The molecule has 2 rings (SSSR count). The summed E-state index contributed by atoms with van der Waals surface area (Å²) in [4.78, 5) is 2.46. The molecule has 0 bridgehead atoms. The third-order valence-electron chi connectivity index (χ3n) is 3.92. The summed E-state index contributed by atoms with van der Waals surface area (Å²) in [6.45, 7) is 6.55. The minimum atomic E-state index is 0.411. The average molecular weight is 232 g/mol. The predicted octanol–water partition coefficient (Wildman–Crippen LogP) is 2.95. The van der Waals surface area contributed by atoms with E-state index in [0.717, 1.165) is 13.1 Å². The zero-order valence-corrected chi connectivity index (χ0v) is 11.0. The molecule has 2 unspecified atom stereocenters. The van der Waals surface area contributed by atoms with Crippen molar-refractivity contribution in [2.75, 3.05) is 18.0 Å². The first-order chi connectivity index (χ1) is 8.20. The maximum absolute atomic E-state index is 6.16. The summed E-state index contributed by atoms with van der Waals surface area (Å²) in [7, 11) is 0. The van der Waals surface area contributed by atoms with Crippen LogP contribution in [0.1, 0.15) is 31.7 Å². The number of benzene rings is 1. The van der Waals surface area contributed by atoms with E-state index in [1.54, 1.807) is 0 Å². The van der Waals surface area contributed by atoms with Crippen LogP contribution >= 0.6 is 0 Å². The number of nitrogens with zero attached hydrogens (tertiary/aromatic N) is 1. The fraction of sp³-hybridized carbons (Fsp3) is 0.600. The van der Waals surface area contributed by atoms with E-state index < -0.39 is 0 Å². The fourth-order valence-corrected chi connectivity index (χ4v) is 2.82. The molecule has 2 nitrogen and oxygen atoms in total. The lowest BCUT2D eigenvalue weighted by Gasteiger charge is -2.28. The predicted molar refractivity (Wildman–Crippen MR) is 74.4 cm³/mol. The second kappa shape index (κ2) is 5.54. The molecule has 2 heteroatoms. The van der Waals surface area contributed by atoms with Crippen molar-refractivity contribution in [3.8, 4) is 0 Å². The Balaban J connectivity index is 2.06. The molecule has 1 aliphatic rings. The van der Waals surface area contributed by atoms with Crippen molar-refractivity contribution in [1.29, 1.82) is 0 Å². The molecule has 1 aliphatic carbocycles. The molecule has 0 aromatic heterocycles. The molecule has 1 aromatic rings. The molecule has 2 atom stereocenters. The van der Waals surface area contributed by atoms with Gasteiger partial charge in [0, 0.05) is 24.8 Å². The van der Waals surface area contributed by atoms with Gasteiger partial charge in [0.05, 0.1) is 0 Å². The molecule has 0 heterocycles. The highest BCUT2D eigenvalue weighted by Crippen LogP contribution is 2.27. The Morgan fingerprint density at radius 1 is 1.35 bits per heavy atom. The van der Waals surface area contributed by atoms with Crippen LogP contribution in [-0.2, 0) is 0 Å². The van der Waals surface area contributed by atoms with E-state index in [2.05, 4.69) is 43.0 Å². The van der Waals surface area contributed by atoms with Crippen LogP contribution in [0.2, 0.25) is 0 Å². The standard InChI is InChI=1S/C15H24N2/c1-3-17(11-13-7-5-9-15(13)16)14-8-4-6-12(2)10-14/h4,6,8,10,13,15H,3,5,7,9,11,16H2,1-2H3. The highest BCUT2D eigenvalue weighted by Gasteiger charge is 2.25. The van der Waals surface area contributed by atoms with Crippen molar-refractivity contribution < 1.29 is 0 Å². The Hall–Kier alpha value is -1.02. The zero-order valence-electron chi connectivity index (χ0n) is 11.0. The molecule has 0 aliphatic heterocycles. The van der Waals surface area contributed by atoms with Crippen LogP contribution in [0.4, 0.5) is 5.69 Å². The molecule has 94 valence electrons. The van der Waals surface area contributed by atoms with Gasteiger partial charge in [0.15, 0.2) is 0 Å². The number of nitrogens with two attached hydrogens (primary N) is 1. The van der Waals surface area contributed by atoms with Gasteiger partial charge in [0.1, 0.15) is 0 Å². The number of rotatable bonds is 4. The molecule has 0 saturated heterocycles. The second-order valence-electron chi connectivity index (χ2n) is 5.23. The van der Waals surface area contributed by atoms with Gasteiger partial charge in [0.25, 0.3) is 0 Å². The molecule has 2 N–H and O–H groups in total. The van der Waals surface area contributed by atoms with E-state index in [1.165, 1.54) is 30.5 Å². The summed E-state index contributed by atoms with van der Waals surface area (Å²) >= 11 is 0. The molecule has 1 aromatic carbocycles. The first-order valence-corrected chi connectivity index (χ1v) is 6.78. The molecule has 17 heavy (non-hydrogen) atoms. The van der Waals surface area contributed by atoms with Crippen LogP contribution in [-0.4, -0.2) is 19.1 Å². The summed E-state index contributed by atoms with van der Waals surface area (Å²) in [5.41, 5.74) is 8.83. The van der Waals surface area contributed by atoms with Gasteiger partial charge in [-0.2, -0.15) is 0 Å². The van der Waals surface area contributed by atoms with Gasteiger partial charge < -0.3 is 10.6 Å². The quantitative estimate of drug-likeness (QED) is 0.865. The Morgan fingerprint density at radius 2 is 2.18 bits per heavy atom. The maximum Gasteiger partial charge on any atom is 0.0368 e. The first kappa shape index (κ1) is 12.4. The SMILES string of the molecule is CCN(CC1CCCC1N)c1cccc(C)c1. The van der Waals surface area contributed by atoms with Crippen molar-refractivity contribution in [2.24, 2.45) is 11.7 Å². The number of aryl methyl sites for hydroxylation is 1.